The summed E-state index contributed by atoms with van der Waals surface area (Å²) in [6, 6.07) is 13.2. The van der Waals surface area contributed by atoms with E-state index in [1.54, 1.807) is 57.7 Å². The number of primary amides is 1. The fourth-order valence-electron chi connectivity index (χ4n) is 5.61. The van der Waals surface area contributed by atoms with E-state index >= 15 is 0 Å². The first-order valence-corrected chi connectivity index (χ1v) is 14.9. The van der Waals surface area contributed by atoms with Crippen LogP contribution >= 0.6 is 0 Å². The molecule has 238 valence electrons. The molecule has 3 aromatic rings. The Hall–Kier alpha value is -5.06. The van der Waals surface area contributed by atoms with Crippen LogP contribution in [0.2, 0.25) is 0 Å². The van der Waals surface area contributed by atoms with Gasteiger partial charge in [0.05, 0.1) is 33.1 Å². The van der Waals surface area contributed by atoms with Crippen LogP contribution < -0.4 is 41.3 Å². The Bertz CT molecular complexity index is 1620. The first-order chi connectivity index (χ1) is 21.7. The average Bonchev–Trinajstić information content (AvgIpc) is 3.26. The van der Waals surface area contributed by atoms with Crippen LogP contribution in [0.3, 0.4) is 0 Å². The molecular weight excluding hydrogens is 576 g/mol. The van der Waals surface area contributed by atoms with Crippen LogP contribution in [-0.2, 0) is 16.0 Å². The molecule has 1 aliphatic carbocycles. The Morgan fingerprint density at radius 3 is 2.29 bits per heavy atom. The number of nitrogens with two attached hydrogens (primary N) is 1. The molecule has 5 N–H and O–H groups in total. The number of unbranched alkanes of at least 4 members (excludes halogenated alkanes) is 2. The standard InChI is InChI=1S/C34H40N4O7/c1-20(39)37-26-15-11-22-18-29(43-2)32(44-3)33(45-4)31(22)24-14-16-27(28(40)19-25(24)26)36-17-7-5-6-8-30(41)38-23-12-9-21(10-13-23)34(35)42/h9-10,12-14,16,18-19,26H,5-8,11,15,17H2,1-4H3,(H2,35,42)(H,36,40)(H,37,39)(H,38,41)/t26-/m1/s1. The molecule has 0 unspecified atom stereocenters. The number of rotatable bonds is 13. The number of hydrogen-bond donors (Lipinski definition) is 4. The van der Waals surface area contributed by atoms with Gasteiger partial charge in [-0.1, -0.05) is 12.5 Å². The van der Waals surface area contributed by atoms with E-state index in [4.69, 9.17) is 19.9 Å². The lowest BCUT2D eigenvalue weighted by molar-refractivity contribution is -0.119. The first kappa shape index (κ1) is 32.8. The number of amides is 3. The van der Waals surface area contributed by atoms with Gasteiger partial charge in [0.15, 0.2) is 11.5 Å². The van der Waals surface area contributed by atoms with Gasteiger partial charge in [-0.25, -0.2) is 0 Å². The molecule has 0 spiro atoms. The number of carbonyl (C=O) groups is 3. The molecule has 11 heteroatoms. The number of fused-ring (bicyclic) bond motifs is 3. The molecule has 0 radical (unpaired) electrons. The van der Waals surface area contributed by atoms with Crippen molar-refractivity contribution in [1.82, 2.24) is 5.32 Å². The number of nitrogens with one attached hydrogen (secondary N) is 3. The van der Waals surface area contributed by atoms with Crippen LogP contribution in [0.25, 0.3) is 11.1 Å². The van der Waals surface area contributed by atoms with E-state index in [0.717, 1.165) is 29.5 Å². The van der Waals surface area contributed by atoms with Gasteiger partial charge in [0.1, 0.15) is 0 Å². The van der Waals surface area contributed by atoms with Crippen molar-refractivity contribution < 1.29 is 28.6 Å². The number of methoxy groups -OCH3 is 3. The number of carbonyl (C=O) groups excluding carboxylic acids is 3. The monoisotopic (exact) mass is 616 g/mol. The number of benzene rings is 2. The van der Waals surface area contributed by atoms with Crippen molar-refractivity contribution in [3.63, 3.8) is 0 Å². The molecule has 1 aliphatic rings. The van der Waals surface area contributed by atoms with Crippen molar-refractivity contribution >= 4 is 29.1 Å². The maximum absolute atomic E-state index is 13.4. The Morgan fingerprint density at radius 1 is 0.911 bits per heavy atom. The fourth-order valence-corrected chi connectivity index (χ4v) is 5.61. The van der Waals surface area contributed by atoms with Crippen LogP contribution in [0.4, 0.5) is 11.4 Å². The smallest absolute Gasteiger partial charge is 0.248 e. The summed E-state index contributed by atoms with van der Waals surface area (Å²) in [6.45, 7) is 2.00. The summed E-state index contributed by atoms with van der Waals surface area (Å²) >= 11 is 0. The third-order valence-electron chi connectivity index (χ3n) is 7.77. The normalized spacial score (nSPS) is 13.4. The minimum atomic E-state index is -0.522. The van der Waals surface area contributed by atoms with Gasteiger partial charge >= 0.3 is 0 Å². The zero-order valence-corrected chi connectivity index (χ0v) is 26.1. The summed E-state index contributed by atoms with van der Waals surface area (Å²) in [5, 5.41) is 9.07. The molecule has 0 heterocycles. The zero-order valence-electron chi connectivity index (χ0n) is 26.1. The van der Waals surface area contributed by atoms with E-state index in [-0.39, 0.29) is 23.3 Å². The second-order valence-corrected chi connectivity index (χ2v) is 10.8. The van der Waals surface area contributed by atoms with Gasteiger partial charge in [-0.2, -0.15) is 0 Å². The van der Waals surface area contributed by atoms with Gasteiger partial charge in [0.25, 0.3) is 0 Å². The maximum Gasteiger partial charge on any atom is 0.248 e. The van der Waals surface area contributed by atoms with Crippen molar-refractivity contribution in [3.05, 3.63) is 75.4 Å². The molecule has 3 aromatic carbocycles. The summed E-state index contributed by atoms with van der Waals surface area (Å²) in [4.78, 5) is 49.1. The van der Waals surface area contributed by atoms with Crippen LogP contribution in [0.1, 0.15) is 66.6 Å². The van der Waals surface area contributed by atoms with Gasteiger partial charge in [-0.05, 0) is 84.8 Å². The molecule has 1 atom stereocenters. The highest BCUT2D eigenvalue weighted by atomic mass is 16.5. The van der Waals surface area contributed by atoms with E-state index in [1.807, 2.05) is 12.1 Å². The predicted molar refractivity (Wildman–Crippen MR) is 173 cm³/mol. The zero-order chi connectivity index (χ0) is 32.5. The largest absolute Gasteiger partial charge is 0.493 e. The predicted octanol–water partition coefficient (Wildman–Crippen LogP) is 4.57. The molecule has 0 aromatic heterocycles. The fraction of sp³-hybridized carbons (Fsp3) is 0.353. The molecule has 3 amide bonds. The molecular formula is C34H40N4O7. The average molecular weight is 617 g/mol. The van der Waals surface area contributed by atoms with Gasteiger partial charge in [0.2, 0.25) is 28.9 Å². The van der Waals surface area contributed by atoms with E-state index in [1.165, 1.54) is 6.92 Å². The van der Waals surface area contributed by atoms with Crippen molar-refractivity contribution in [2.45, 2.75) is 51.5 Å². The van der Waals surface area contributed by atoms with Gasteiger partial charge < -0.3 is 35.9 Å². The molecule has 0 fully saturated rings. The molecule has 4 rings (SSSR count). The van der Waals surface area contributed by atoms with Gasteiger partial charge in [0, 0.05) is 36.7 Å². The molecule has 0 bridgehead atoms. The van der Waals surface area contributed by atoms with Crippen LogP contribution in [0, 0.1) is 0 Å². The number of anilines is 2. The highest BCUT2D eigenvalue weighted by molar-refractivity contribution is 5.94. The Balaban J connectivity index is 1.47. The lowest BCUT2D eigenvalue weighted by atomic mass is 9.95. The topological polar surface area (TPSA) is 158 Å². The summed E-state index contributed by atoms with van der Waals surface area (Å²) < 4.78 is 17.1. The molecule has 11 nitrogen and oxygen atoms in total. The van der Waals surface area contributed by atoms with E-state index < -0.39 is 5.91 Å². The summed E-state index contributed by atoms with van der Waals surface area (Å²) in [6.07, 6.45) is 3.75. The van der Waals surface area contributed by atoms with Crippen LogP contribution in [-0.4, -0.2) is 45.6 Å². The van der Waals surface area contributed by atoms with Crippen molar-refractivity contribution in [2.24, 2.45) is 5.73 Å². The highest BCUT2D eigenvalue weighted by Gasteiger charge is 2.29. The Kier molecular flexibility index (Phi) is 11.0. The van der Waals surface area contributed by atoms with Gasteiger partial charge in [-0.3, -0.25) is 19.2 Å². The molecule has 45 heavy (non-hydrogen) atoms. The summed E-state index contributed by atoms with van der Waals surface area (Å²) in [7, 11) is 4.68. The second kappa shape index (κ2) is 15.1. The minimum Gasteiger partial charge on any atom is -0.493 e. The summed E-state index contributed by atoms with van der Waals surface area (Å²) in [5.41, 5.74) is 9.67. The molecule has 0 saturated heterocycles. The third kappa shape index (κ3) is 7.91. The minimum absolute atomic E-state index is 0.119. The number of aryl methyl sites for hydroxylation is 1. The molecule has 0 saturated carbocycles. The lowest BCUT2D eigenvalue weighted by Crippen LogP contribution is -2.26. The Labute approximate surface area is 262 Å². The van der Waals surface area contributed by atoms with E-state index in [2.05, 4.69) is 16.0 Å². The maximum atomic E-state index is 13.4. The van der Waals surface area contributed by atoms with E-state index in [0.29, 0.717) is 72.0 Å². The van der Waals surface area contributed by atoms with Gasteiger partial charge in [-0.15, -0.1) is 0 Å². The van der Waals surface area contributed by atoms with Crippen LogP contribution in [0.5, 0.6) is 17.2 Å². The summed E-state index contributed by atoms with van der Waals surface area (Å²) in [5.74, 6) is 0.654. The lowest BCUT2D eigenvalue weighted by Gasteiger charge is -2.19. The Morgan fingerprint density at radius 2 is 1.64 bits per heavy atom. The SMILES string of the molecule is COc1cc2c(c(OC)c1OC)-c1ccc(NCCCCCC(=O)Nc3ccc(C(N)=O)cc3)c(=O)cc1[C@H](NC(C)=O)CC2. The van der Waals surface area contributed by atoms with Crippen molar-refractivity contribution in [2.75, 3.05) is 38.5 Å². The first-order valence-electron chi connectivity index (χ1n) is 14.9. The second-order valence-electron chi connectivity index (χ2n) is 10.8. The van der Waals surface area contributed by atoms with Crippen molar-refractivity contribution in [3.8, 4) is 28.4 Å². The van der Waals surface area contributed by atoms with Crippen molar-refractivity contribution in [1.29, 1.82) is 0 Å². The number of ether oxygens (including phenoxy) is 3. The third-order valence-corrected chi connectivity index (χ3v) is 7.77. The molecule has 0 aliphatic heterocycles. The van der Waals surface area contributed by atoms with Crippen LogP contribution in [0.15, 0.2) is 53.3 Å². The highest BCUT2D eigenvalue weighted by Crippen LogP contribution is 2.50. The van der Waals surface area contributed by atoms with E-state index in [9.17, 15) is 19.2 Å². The number of hydrogen-bond acceptors (Lipinski definition) is 8. The quantitative estimate of drug-likeness (QED) is 0.203.